The van der Waals surface area contributed by atoms with E-state index < -0.39 is 6.10 Å². The fourth-order valence-electron chi connectivity index (χ4n) is 3.86. The number of amides is 2. The van der Waals surface area contributed by atoms with Gasteiger partial charge in [0, 0.05) is 44.5 Å². The van der Waals surface area contributed by atoms with Crippen molar-refractivity contribution >= 4 is 11.8 Å². The van der Waals surface area contributed by atoms with Gasteiger partial charge in [0.15, 0.2) is 11.5 Å². The van der Waals surface area contributed by atoms with Gasteiger partial charge >= 0.3 is 0 Å². The topological polar surface area (TPSA) is 76.9 Å². The summed E-state index contributed by atoms with van der Waals surface area (Å²) < 4.78 is 13.3. The molecule has 1 aromatic heterocycles. The minimum Gasteiger partial charge on any atom is -0.485 e. The van der Waals surface area contributed by atoms with Gasteiger partial charge in [-0.1, -0.05) is 12.1 Å². The third-order valence-corrected chi connectivity index (χ3v) is 5.71. The van der Waals surface area contributed by atoms with Crippen molar-refractivity contribution in [1.82, 2.24) is 19.6 Å². The number of hydrogen-bond acceptors (Lipinski definition) is 5. The summed E-state index contributed by atoms with van der Waals surface area (Å²) in [4.78, 5) is 29.1. The lowest BCUT2D eigenvalue weighted by Crippen LogP contribution is -2.55. The van der Waals surface area contributed by atoms with Crippen LogP contribution in [0.5, 0.6) is 11.5 Å². The maximum atomic E-state index is 12.8. The molecule has 2 amide bonds. The molecular formula is C21H26N4O4. The van der Waals surface area contributed by atoms with E-state index in [4.69, 9.17) is 9.47 Å². The zero-order valence-electron chi connectivity index (χ0n) is 17.1. The van der Waals surface area contributed by atoms with Gasteiger partial charge in [-0.15, -0.1) is 0 Å². The van der Waals surface area contributed by atoms with Crippen molar-refractivity contribution in [3.05, 3.63) is 41.2 Å². The van der Waals surface area contributed by atoms with Crippen LogP contribution in [0.15, 0.2) is 24.3 Å². The number of ether oxygens (including phenoxy) is 2. The Morgan fingerprint density at radius 1 is 1.07 bits per heavy atom. The number of nitrogens with zero attached hydrogens (tertiary/aromatic N) is 4. The van der Waals surface area contributed by atoms with Crippen LogP contribution < -0.4 is 9.47 Å². The summed E-state index contributed by atoms with van der Waals surface area (Å²) in [5.74, 6) is 1.23. The second-order valence-electron chi connectivity index (χ2n) is 7.52. The molecule has 0 aliphatic carbocycles. The molecule has 154 valence electrons. The molecule has 3 heterocycles. The molecule has 0 saturated carbocycles. The van der Waals surface area contributed by atoms with Crippen LogP contribution in [0.3, 0.4) is 0 Å². The van der Waals surface area contributed by atoms with Crippen molar-refractivity contribution in [3.8, 4) is 11.5 Å². The van der Waals surface area contributed by atoms with Gasteiger partial charge in [0.1, 0.15) is 6.61 Å². The predicted molar refractivity (Wildman–Crippen MR) is 106 cm³/mol. The Balaban J connectivity index is 1.32. The number of carbonyl (C=O) groups excluding carboxylic acids is 2. The summed E-state index contributed by atoms with van der Waals surface area (Å²) in [6.45, 7) is 6.14. The molecule has 0 N–H and O–H groups in total. The smallest absolute Gasteiger partial charge is 0.267 e. The van der Waals surface area contributed by atoms with Gasteiger partial charge in [0.2, 0.25) is 12.0 Å². The third kappa shape index (κ3) is 3.79. The Morgan fingerprint density at radius 3 is 2.38 bits per heavy atom. The number of fused-ring (bicyclic) bond motifs is 1. The number of rotatable bonds is 3. The number of para-hydroxylation sites is 2. The van der Waals surface area contributed by atoms with Crippen molar-refractivity contribution in [1.29, 1.82) is 0 Å². The average molecular weight is 398 g/mol. The van der Waals surface area contributed by atoms with E-state index in [1.54, 1.807) is 15.6 Å². The third-order valence-electron chi connectivity index (χ3n) is 5.71. The molecular weight excluding hydrogens is 372 g/mol. The van der Waals surface area contributed by atoms with E-state index in [1.165, 1.54) is 0 Å². The molecule has 1 saturated heterocycles. The Hall–Kier alpha value is -3.03. The lowest BCUT2D eigenvalue weighted by molar-refractivity contribution is -0.146. The van der Waals surface area contributed by atoms with Crippen LogP contribution in [0.25, 0.3) is 0 Å². The Labute approximate surface area is 170 Å². The fourth-order valence-corrected chi connectivity index (χ4v) is 3.86. The summed E-state index contributed by atoms with van der Waals surface area (Å²) in [6, 6.07) is 7.35. The van der Waals surface area contributed by atoms with Gasteiger partial charge in [0.05, 0.1) is 12.1 Å². The normalized spacial score (nSPS) is 18.7. The molecule has 1 aromatic carbocycles. The first kappa shape index (κ1) is 19.3. The molecule has 2 aliphatic rings. The van der Waals surface area contributed by atoms with Crippen molar-refractivity contribution < 1.29 is 19.1 Å². The molecule has 0 radical (unpaired) electrons. The minimum absolute atomic E-state index is 0.0717. The molecule has 0 unspecified atom stereocenters. The van der Waals surface area contributed by atoms with E-state index in [9.17, 15) is 9.59 Å². The number of aromatic nitrogens is 2. The first-order valence-electron chi connectivity index (χ1n) is 9.88. The summed E-state index contributed by atoms with van der Waals surface area (Å²) >= 11 is 0. The Morgan fingerprint density at radius 2 is 1.72 bits per heavy atom. The van der Waals surface area contributed by atoms with E-state index >= 15 is 0 Å². The first-order chi connectivity index (χ1) is 13.9. The van der Waals surface area contributed by atoms with Gasteiger partial charge in [0.25, 0.3) is 5.91 Å². The van der Waals surface area contributed by atoms with Gasteiger partial charge in [-0.25, -0.2) is 0 Å². The molecule has 29 heavy (non-hydrogen) atoms. The fraction of sp³-hybridized carbons (Fsp3) is 0.476. The van der Waals surface area contributed by atoms with E-state index in [-0.39, 0.29) is 18.4 Å². The monoisotopic (exact) mass is 398 g/mol. The molecule has 1 atom stereocenters. The van der Waals surface area contributed by atoms with Crippen LogP contribution in [0, 0.1) is 13.8 Å². The highest BCUT2D eigenvalue weighted by Gasteiger charge is 2.33. The Bertz CT molecular complexity index is 931. The zero-order valence-corrected chi connectivity index (χ0v) is 17.1. The van der Waals surface area contributed by atoms with Gasteiger partial charge in [-0.3, -0.25) is 14.3 Å². The molecule has 2 aromatic rings. The number of piperazine rings is 1. The lowest BCUT2D eigenvalue weighted by atomic mass is 10.1. The van der Waals surface area contributed by atoms with Crippen LogP contribution in [-0.2, 0) is 23.1 Å². The second-order valence-corrected chi connectivity index (χ2v) is 7.52. The summed E-state index contributed by atoms with van der Waals surface area (Å²) in [7, 11) is 1.89. The maximum Gasteiger partial charge on any atom is 0.267 e. The quantitative estimate of drug-likeness (QED) is 0.774. The minimum atomic E-state index is -0.646. The average Bonchev–Trinajstić information content (AvgIpc) is 2.99. The first-order valence-corrected chi connectivity index (χ1v) is 9.88. The molecule has 4 rings (SSSR count). The second kappa shape index (κ2) is 7.77. The molecule has 2 aliphatic heterocycles. The standard InChI is InChI=1S/C21H26N4O4/c1-14-16(15(2)23(3)22-14)12-20(26)24-8-10-25(11-9-24)21(27)19-13-28-17-6-4-5-7-18(17)29-19/h4-7,19H,8-13H2,1-3H3/t19-/m0/s1. The highest BCUT2D eigenvalue weighted by Crippen LogP contribution is 2.31. The number of hydrogen-bond donors (Lipinski definition) is 0. The van der Waals surface area contributed by atoms with Gasteiger partial charge in [-0.2, -0.15) is 5.10 Å². The number of aryl methyl sites for hydroxylation is 2. The maximum absolute atomic E-state index is 12.8. The van der Waals surface area contributed by atoms with Gasteiger partial charge < -0.3 is 19.3 Å². The Kier molecular flexibility index (Phi) is 5.17. The SMILES string of the molecule is Cc1nn(C)c(C)c1CC(=O)N1CCN(C(=O)[C@@H]2COc3ccccc3O2)CC1. The van der Waals surface area contributed by atoms with E-state index in [2.05, 4.69) is 5.10 Å². The van der Waals surface area contributed by atoms with Crippen molar-refractivity contribution in [2.45, 2.75) is 26.4 Å². The molecule has 8 heteroatoms. The number of benzene rings is 1. The molecule has 8 nitrogen and oxygen atoms in total. The van der Waals surface area contributed by atoms with Crippen LogP contribution >= 0.6 is 0 Å². The highest BCUT2D eigenvalue weighted by molar-refractivity contribution is 5.83. The van der Waals surface area contributed by atoms with Crippen molar-refractivity contribution in [3.63, 3.8) is 0 Å². The number of carbonyl (C=O) groups is 2. The summed E-state index contributed by atoms with van der Waals surface area (Å²) in [5.41, 5.74) is 2.89. The molecule has 0 bridgehead atoms. The zero-order chi connectivity index (χ0) is 20.5. The van der Waals surface area contributed by atoms with Crippen LogP contribution in [0.2, 0.25) is 0 Å². The largest absolute Gasteiger partial charge is 0.485 e. The molecule has 1 fully saturated rings. The summed E-state index contributed by atoms with van der Waals surface area (Å²) in [5, 5.41) is 4.38. The van der Waals surface area contributed by atoms with E-state index in [0.29, 0.717) is 44.1 Å². The lowest BCUT2D eigenvalue weighted by Gasteiger charge is -2.37. The highest BCUT2D eigenvalue weighted by atomic mass is 16.6. The van der Waals surface area contributed by atoms with Crippen LogP contribution in [0.1, 0.15) is 17.0 Å². The predicted octanol–water partition coefficient (Wildman–Crippen LogP) is 1.09. The summed E-state index contributed by atoms with van der Waals surface area (Å²) in [6.07, 6.45) is -0.302. The molecule has 0 spiro atoms. The van der Waals surface area contributed by atoms with Crippen molar-refractivity contribution in [2.24, 2.45) is 7.05 Å². The van der Waals surface area contributed by atoms with Gasteiger partial charge in [-0.05, 0) is 26.0 Å². The van der Waals surface area contributed by atoms with E-state index in [1.807, 2.05) is 44.0 Å². The van der Waals surface area contributed by atoms with E-state index in [0.717, 1.165) is 17.0 Å². The van der Waals surface area contributed by atoms with Crippen molar-refractivity contribution in [2.75, 3.05) is 32.8 Å². The van der Waals surface area contributed by atoms with Crippen LogP contribution in [0.4, 0.5) is 0 Å². The van der Waals surface area contributed by atoms with Crippen LogP contribution in [-0.4, -0.2) is 70.3 Å².